The molecule has 0 saturated carbocycles. The first-order valence-corrected chi connectivity index (χ1v) is 9.83. The molecule has 4 nitrogen and oxygen atoms in total. The maximum absolute atomic E-state index is 13.6. The van der Waals surface area contributed by atoms with Crippen molar-refractivity contribution < 1.29 is 4.79 Å². The Bertz CT molecular complexity index is 667. The number of carbonyl (C=O) groups is 1. The van der Waals surface area contributed by atoms with E-state index in [1.165, 1.54) is 29.5 Å². The lowest BCUT2D eigenvalue weighted by Gasteiger charge is -2.53. The maximum atomic E-state index is 13.6. The highest BCUT2D eigenvalue weighted by atomic mass is 16.2. The molecule has 1 aliphatic carbocycles. The van der Waals surface area contributed by atoms with Gasteiger partial charge in [0.15, 0.2) is 0 Å². The van der Waals surface area contributed by atoms with Crippen LogP contribution in [0.25, 0.3) is 0 Å². The number of rotatable bonds is 2. The Balaban J connectivity index is 1.62. The van der Waals surface area contributed by atoms with E-state index in [1.807, 2.05) is 0 Å². The van der Waals surface area contributed by atoms with E-state index >= 15 is 0 Å². The lowest BCUT2D eigenvalue weighted by atomic mass is 9.95. The van der Waals surface area contributed by atoms with Gasteiger partial charge in [-0.3, -0.25) is 9.69 Å². The van der Waals surface area contributed by atoms with Crippen molar-refractivity contribution in [2.24, 2.45) is 0 Å². The third kappa shape index (κ3) is 2.89. The Labute approximate surface area is 151 Å². The minimum atomic E-state index is -0.159. The van der Waals surface area contributed by atoms with Crippen LogP contribution in [0.4, 0.5) is 0 Å². The Morgan fingerprint density at radius 1 is 1.16 bits per heavy atom. The van der Waals surface area contributed by atoms with Crippen molar-refractivity contribution in [1.82, 2.24) is 14.7 Å². The van der Waals surface area contributed by atoms with Crippen molar-refractivity contribution >= 4 is 5.91 Å². The lowest BCUT2D eigenvalue weighted by Crippen LogP contribution is -2.69. The molecule has 2 saturated heterocycles. The van der Waals surface area contributed by atoms with Crippen LogP contribution in [0.3, 0.4) is 0 Å². The van der Waals surface area contributed by atoms with Crippen LogP contribution in [0.15, 0.2) is 18.2 Å². The van der Waals surface area contributed by atoms with Crippen LogP contribution in [-0.2, 0) is 11.2 Å². The zero-order valence-electron chi connectivity index (χ0n) is 15.9. The van der Waals surface area contributed by atoms with Gasteiger partial charge < -0.3 is 9.80 Å². The number of carbonyl (C=O) groups excluding carboxylic acids is 1. The van der Waals surface area contributed by atoms with Crippen LogP contribution in [-0.4, -0.2) is 66.0 Å². The normalized spacial score (nSPS) is 30.7. The fourth-order valence-corrected chi connectivity index (χ4v) is 5.20. The number of hydrogen-bond acceptors (Lipinski definition) is 3. The van der Waals surface area contributed by atoms with Gasteiger partial charge in [0.1, 0.15) is 5.66 Å². The minimum absolute atomic E-state index is 0.0564. The van der Waals surface area contributed by atoms with E-state index in [9.17, 15) is 4.79 Å². The summed E-state index contributed by atoms with van der Waals surface area (Å²) in [6, 6.07) is 6.63. The van der Waals surface area contributed by atoms with E-state index in [-0.39, 0.29) is 11.6 Å². The molecule has 0 spiro atoms. The van der Waals surface area contributed by atoms with Crippen molar-refractivity contribution in [2.45, 2.75) is 51.1 Å². The molecule has 25 heavy (non-hydrogen) atoms. The zero-order chi connectivity index (χ0) is 17.6. The average molecular weight is 341 g/mol. The smallest absolute Gasteiger partial charge is 0.231 e. The van der Waals surface area contributed by atoms with Gasteiger partial charge in [0.05, 0.1) is 5.92 Å². The van der Waals surface area contributed by atoms with Crippen LogP contribution >= 0.6 is 0 Å². The summed E-state index contributed by atoms with van der Waals surface area (Å²) in [5.74, 6) is 0.408. The standard InChI is InChI=1S/C21H31N3O/c1-16-6-8-18-17(14-16)7-9-19(18)20(25)24-13-12-22(3)15-21(24,2)23-10-4-5-11-23/h6,8,14,19H,4-5,7,9-13,15H2,1-3H3. The molecule has 0 N–H and O–H groups in total. The summed E-state index contributed by atoms with van der Waals surface area (Å²) in [6.07, 6.45) is 4.53. The van der Waals surface area contributed by atoms with Gasteiger partial charge in [-0.1, -0.05) is 23.8 Å². The molecule has 0 bridgehead atoms. The van der Waals surface area contributed by atoms with E-state index in [0.717, 1.165) is 45.6 Å². The molecule has 1 aromatic rings. The molecule has 2 fully saturated rings. The summed E-state index contributed by atoms with van der Waals surface area (Å²) < 4.78 is 0. The number of benzene rings is 1. The number of hydrogen-bond donors (Lipinski definition) is 0. The van der Waals surface area contributed by atoms with E-state index in [0.29, 0.717) is 5.91 Å². The molecule has 136 valence electrons. The second-order valence-corrected chi connectivity index (χ2v) is 8.43. The van der Waals surface area contributed by atoms with E-state index in [2.05, 4.69) is 53.8 Å². The first-order chi connectivity index (χ1) is 12.0. The van der Waals surface area contributed by atoms with Gasteiger partial charge in [-0.25, -0.2) is 0 Å². The Hall–Kier alpha value is -1.39. The summed E-state index contributed by atoms with van der Waals surface area (Å²) in [4.78, 5) is 20.8. The second kappa shape index (κ2) is 6.40. The van der Waals surface area contributed by atoms with Crippen molar-refractivity contribution in [3.8, 4) is 0 Å². The number of nitrogens with zero attached hydrogens (tertiary/aromatic N) is 3. The van der Waals surface area contributed by atoms with Crippen LogP contribution < -0.4 is 0 Å². The van der Waals surface area contributed by atoms with Crippen LogP contribution in [0.1, 0.15) is 48.8 Å². The van der Waals surface area contributed by atoms with Gasteiger partial charge in [0.25, 0.3) is 0 Å². The van der Waals surface area contributed by atoms with Crippen LogP contribution in [0, 0.1) is 6.92 Å². The summed E-state index contributed by atoms with van der Waals surface area (Å²) in [5.41, 5.74) is 3.80. The maximum Gasteiger partial charge on any atom is 0.231 e. The first-order valence-electron chi connectivity index (χ1n) is 9.83. The van der Waals surface area contributed by atoms with Crippen molar-refractivity contribution in [3.63, 3.8) is 0 Å². The Morgan fingerprint density at radius 3 is 2.68 bits per heavy atom. The predicted molar refractivity (Wildman–Crippen MR) is 101 cm³/mol. The molecular formula is C21H31N3O. The number of aryl methyl sites for hydroxylation is 2. The SMILES string of the molecule is Cc1ccc2c(c1)CCC2C(=O)N1CCN(C)CC1(C)N1CCCC1. The molecule has 1 amide bonds. The topological polar surface area (TPSA) is 26.8 Å². The van der Waals surface area contributed by atoms with Gasteiger partial charge >= 0.3 is 0 Å². The summed E-state index contributed by atoms with van der Waals surface area (Å²) in [7, 11) is 2.18. The quantitative estimate of drug-likeness (QED) is 0.827. The molecule has 0 radical (unpaired) electrons. The molecule has 0 aromatic heterocycles. The van der Waals surface area contributed by atoms with Crippen molar-refractivity contribution in [1.29, 1.82) is 0 Å². The number of likely N-dealkylation sites (tertiary alicyclic amines) is 1. The van der Waals surface area contributed by atoms with Gasteiger partial charge in [-0.2, -0.15) is 0 Å². The molecule has 1 aromatic carbocycles. The monoisotopic (exact) mass is 341 g/mol. The van der Waals surface area contributed by atoms with E-state index < -0.39 is 0 Å². The first kappa shape index (κ1) is 17.0. The minimum Gasteiger partial charge on any atom is -0.321 e. The van der Waals surface area contributed by atoms with Gasteiger partial charge in [-0.05, 0) is 57.7 Å². The van der Waals surface area contributed by atoms with Crippen molar-refractivity contribution in [3.05, 3.63) is 34.9 Å². The van der Waals surface area contributed by atoms with Crippen LogP contribution in [0.2, 0.25) is 0 Å². The Kier molecular flexibility index (Phi) is 4.37. The van der Waals surface area contributed by atoms with Gasteiger partial charge in [0, 0.05) is 32.7 Å². The van der Waals surface area contributed by atoms with Crippen molar-refractivity contribution in [2.75, 3.05) is 39.8 Å². The molecule has 4 heteroatoms. The molecule has 2 unspecified atom stereocenters. The third-order valence-electron chi connectivity index (χ3n) is 6.58. The fourth-order valence-electron chi connectivity index (χ4n) is 5.20. The number of fused-ring (bicyclic) bond motifs is 1. The highest BCUT2D eigenvalue weighted by Crippen LogP contribution is 2.38. The third-order valence-corrected chi connectivity index (χ3v) is 6.58. The largest absolute Gasteiger partial charge is 0.321 e. The Morgan fingerprint density at radius 2 is 1.92 bits per heavy atom. The molecule has 2 atom stereocenters. The molecule has 2 heterocycles. The average Bonchev–Trinajstić information content (AvgIpc) is 3.24. The number of amides is 1. The fraction of sp³-hybridized carbons (Fsp3) is 0.667. The zero-order valence-corrected chi connectivity index (χ0v) is 15.9. The number of piperazine rings is 1. The van der Waals surface area contributed by atoms with Gasteiger partial charge in [-0.15, -0.1) is 0 Å². The van der Waals surface area contributed by atoms with E-state index in [4.69, 9.17) is 0 Å². The predicted octanol–water partition coefficient (Wildman–Crippen LogP) is 2.61. The second-order valence-electron chi connectivity index (χ2n) is 8.43. The molecular weight excluding hydrogens is 310 g/mol. The lowest BCUT2D eigenvalue weighted by molar-refractivity contribution is -0.155. The van der Waals surface area contributed by atoms with Gasteiger partial charge in [0.2, 0.25) is 5.91 Å². The van der Waals surface area contributed by atoms with Crippen LogP contribution in [0.5, 0.6) is 0 Å². The highest BCUT2D eigenvalue weighted by molar-refractivity contribution is 5.86. The molecule has 3 aliphatic rings. The van der Waals surface area contributed by atoms with E-state index in [1.54, 1.807) is 0 Å². The summed E-state index contributed by atoms with van der Waals surface area (Å²) >= 11 is 0. The summed E-state index contributed by atoms with van der Waals surface area (Å²) in [5, 5.41) is 0. The molecule has 4 rings (SSSR count). The molecule has 2 aliphatic heterocycles. The highest BCUT2D eigenvalue weighted by Gasteiger charge is 2.47. The summed E-state index contributed by atoms with van der Waals surface area (Å²) in [6.45, 7) is 9.44. The number of likely N-dealkylation sites (N-methyl/N-ethyl adjacent to an activating group) is 1.